The SMILES string of the molecule is F.F.[CH3][Ge][CH3]. The van der Waals surface area contributed by atoms with E-state index in [1.54, 1.807) is 0 Å². The Balaban J connectivity index is -0.0000000200. The van der Waals surface area contributed by atoms with E-state index < -0.39 is 0 Å². The number of hydrogen-bond donors (Lipinski definition) is 0. The van der Waals surface area contributed by atoms with Gasteiger partial charge in [-0.05, 0) is 0 Å². The Morgan fingerprint density at radius 3 is 1.00 bits per heavy atom. The van der Waals surface area contributed by atoms with Gasteiger partial charge < -0.3 is 0 Å². The van der Waals surface area contributed by atoms with Gasteiger partial charge in [-0.25, -0.2) is 0 Å². The van der Waals surface area contributed by atoms with Gasteiger partial charge in [0.1, 0.15) is 0 Å². The average Bonchev–Trinajstić information content (AvgIpc) is 0.918. The molecule has 5 heavy (non-hydrogen) atoms. The van der Waals surface area contributed by atoms with Crippen LogP contribution in [0.15, 0.2) is 0 Å². The zero-order valence-corrected chi connectivity index (χ0v) is 5.41. The van der Waals surface area contributed by atoms with Gasteiger partial charge in [-0.3, -0.25) is 9.41 Å². The van der Waals surface area contributed by atoms with E-state index in [0.29, 0.717) is 15.4 Å². The van der Waals surface area contributed by atoms with Crippen LogP contribution in [0.3, 0.4) is 0 Å². The first-order valence-electron chi connectivity index (χ1n) is 1.00. The summed E-state index contributed by atoms with van der Waals surface area (Å²) in [6.45, 7) is 0. The fourth-order valence-electron chi connectivity index (χ4n) is 0. The molecule has 0 aliphatic carbocycles. The Hall–Kier alpha value is 0.403. The van der Waals surface area contributed by atoms with E-state index in [2.05, 4.69) is 11.5 Å². The zero-order chi connectivity index (χ0) is 2.71. The first kappa shape index (κ1) is 18.1. The molecule has 0 rings (SSSR count). The van der Waals surface area contributed by atoms with Crippen molar-refractivity contribution >= 4 is 15.4 Å². The first-order valence-corrected chi connectivity index (χ1v) is 5.20. The summed E-state index contributed by atoms with van der Waals surface area (Å²) >= 11 is 0.500. The third-order valence-corrected chi connectivity index (χ3v) is 0. The minimum absolute atomic E-state index is 0. The third-order valence-electron chi connectivity index (χ3n) is 0. The maximum atomic E-state index is 2.25. The molecule has 0 fully saturated rings. The van der Waals surface area contributed by atoms with Crippen molar-refractivity contribution in [3.8, 4) is 0 Å². The molecule has 0 nitrogen and oxygen atoms in total. The molecule has 0 unspecified atom stereocenters. The third kappa shape index (κ3) is 157. The summed E-state index contributed by atoms with van der Waals surface area (Å²) in [6, 6.07) is 0. The fraction of sp³-hybridized carbons (Fsp3) is 1.00. The van der Waals surface area contributed by atoms with E-state index in [1.807, 2.05) is 0 Å². The molecule has 34 valence electrons. The van der Waals surface area contributed by atoms with Crippen LogP contribution in [-0.4, -0.2) is 15.4 Å². The predicted octanol–water partition coefficient (Wildman–Crippen LogP) is 1.09. The average molecular weight is 143 g/mol. The molecule has 0 amide bonds. The topological polar surface area (TPSA) is 0 Å². The van der Waals surface area contributed by atoms with Gasteiger partial charge in [0.05, 0.1) is 0 Å². The van der Waals surface area contributed by atoms with Crippen LogP contribution in [0.25, 0.3) is 0 Å². The van der Waals surface area contributed by atoms with Crippen molar-refractivity contribution in [2.24, 2.45) is 0 Å². The van der Waals surface area contributed by atoms with E-state index in [1.165, 1.54) is 0 Å². The summed E-state index contributed by atoms with van der Waals surface area (Å²) in [5.41, 5.74) is 0. The van der Waals surface area contributed by atoms with Crippen LogP contribution >= 0.6 is 0 Å². The second kappa shape index (κ2) is 25.9. The monoisotopic (exact) mass is 144 g/mol. The van der Waals surface area contributed by atoms with Crippen LogP contribution in [0.2, 0.25) is 11.5 Å². The Bertz CT molecular complexity index is 7.61. The summed E-state index contributed by atoms with van der Waals surface area (Å²) in [4.78, 5) is 0. The molecule has 0 aliphatic heterocycles. The molecular weight excluding hydrogens is 135 g/mol. The molecule has 0 aromatic heterocycles. The van der Waals surface area contributed by atoms with Crippen molar-refractivity contribution in [3.63, 3.8) is 0 Å². The molecule has 0 saturated heterocycles. The molecule has 0 heterocycles. The van der Waals surface area contributed by atoms with Crippen molar-refractivity contribution in [1.29, 1.82) is 0 Å². The van der Waals surface area contributed by atoms with Crippen LogP contribution in [0, 0.1) is 0 Å². The summed E-state index contributed by atoms with van der Waals surface area (Å²) in [5.74, 6) is 4.50. The van der Waals surface area contributed by atoms with Gasteiger partial charge in [-0.15, -0.1) is 0 Å². The summed E-state index contributed by atoms with van der Waals surface area (Å²) in [7, 11) is 0. The van der Waals surface area contributed by atoms with Crippen LogP contribution in [0.4, 0.5) is 9.41 Å². The van der Waals surface area contributed by atoms with E-state index in [4.69, 9.17) is 0 Å². The second-order valence-corrected chi connectivity index (χ2v) is 2.60. The molecule has 0 N–H and O–H groups in total. The Morgan fingerprint density at radius 2 is 1.00 bits per heavy atom. The van der Waals surface area contributed by atoms with Crippen molar-refractivity contribution in [3.05, 3.63) is 0 Å². The van der Waals surface area contributed by atoms with Crippen LogP contribution in [0.5, 0.6) is 0 Å². The van der Waals surface area contributed by atoms with Crippen molar-refractivity contribution in [1.82, 2.24) is 0 Å². The van der Waals surface area contributed by atoms with Gasteiger partial charge in [0.15, 0.2) is 0 Å². The van der Waals surface area contributed by atoms with Crippen LogP contribution in [-0.2, 0) is 0 Å². The summed E-state index contributed by atoms with van der Waals surface area (Å²) in [5, 5.41) is 0. The van der Waals surface area contributed by atoms with Crippen molar-refractivity contribution in [2.45, 2.75) is 11.5 Å². The van der Waals surface area contributed by atoms with Crippen LogP contribution in [0.1, 0.15) is 0 Å². The number of halogens is 2. The Morgan fingerprint density at radius 1 is 1.00 bits per heavy atom. The van der Waals surface area contributed by atoms with Gasteiger partial charge in [-0.1, -0.05) is 0 Å². The van der Waals surface area contributed by atoms with E-state index >= 15 is 0 Å². The van der Waals surface area contributed by atoms with E-state index in [-0.39, 0.29) is 9.41 Å². The van der Waals surface area contributed by atoms with Gasteiger partial charge in [0.2, 0.25) is 0 Å². The van der Waals surface area contributed by atoms with Gasteiger partial charge in [0, 0.05) is 0 Å². The fourth-order valence-corrected chi connectivity index (χ4v) is 0. The summed E-state index contributed by atoms with van der Waals surface area (Å²) in [6.07, 6.45) is 0. The number of hydrogen-bond acceptors (Lipinski definition) is 0. The van der Waals surface area contributed by atoms with Gasteiger partial charge >= 0.3 is 26.9 Å². The zero-order valence-electron chi connectivity index (χ0n) is 3.32. The molecule has 0 aliphatic rings. The van der Waals surface area contributed by atoms with E-state index in [0.717, 1.165) is 0 Å². The Labute approximate surface area is 37.2 Å². The van der Waals surface area contributed by atoms with Crippen molar-refractivity contribution in [2.75, 3.05) is 0 Å². The molecule has 2 radical (unpaired) electrons. The normalized spacial score (nSPS) is 3.60. The quantitative estimate of drug-likeness (QED) is 0.445. The standard InChI is InChI=1S/C2H6Ge.2FH/c1-3-2;;/h1-2H3;2*1H. The second-order valence-electron chi connectivity index (χ2n) is 0.500. The first-order chi connectivity index (χ1) is 1.41. The van der Waals surface area contributed by atoms with E-state index in [9.17, 15) is 0 Å². The molecule has 3 heteroatoms. The van der Waals surface area contributed by atoms with Crippen LogP contribution < -0.4 is 0 Å². The molecule has 0 atom stereocenters. The molecular formula is C2H8F2Ge. The maximum absolute atomic E-state index is 2.25. The van der Waals surface area contributed by atoms with Gasteiger partial charge in [0.25, 0.3) is 0 Å². The Kier molecular flexibility index (Phi) is 94.0. The molecule has 0 spiro atoms. The summed E-state index contributed by atoms with van der Waals surface area (Å²) < 4.78 is 0. The molecule has 0 saturated carbocycles. The molecule has 0 bridgehead atoms. The predicted molar refractivity (Wildman–Crippen MR) is 22.5 cm³/mol. The van der Waals surface area contributed by atoms with Gasteiger partial charge in [-0.2, -0.15) is 0 Å². The molecule has 0 aromatic rings. The minimum atomic E-state index is 0. The van der Waals surface area contributed by atoms with Crippen molar-refractivity contribution < 1.29 is 9.41 Å². The number of rotatable bonds is 0. The molecule has 0 aromatic carbocycles.